The van der Waals surface area contributed by atoms with Crippen LogP contribution in [0.5, 0.6) is 11.5 Å². The van der Waals surface area contributed by atoms with Crippen LogP contribution in [0.15, 0.2) is 54.4 Å². The minimum atomic E-state index is -4.62. The summed E-state index contributed by atoms with van der Waals surface area (Å²) in [4.78, 5) is 13.2. The summed E-state index contributed by atoms with van der Waals surface area (Å²) < 4.78 is 68.7. The van der Waals surface area contributed by atoms with E-state index in [9.17, 15) is 22.4 Å². The number of nitrogens with zero attached hydrogens (tertiary/aromatic N) is 3. The van der Waals surface area contributed by atoms with Crippen LogP contribution in [0, 0.1) is 11.7 Å². The fraction of sp³-hybridized carbons (Fsp3) is 0.308. The molecule has 2 aromatic carbocycles. The average molecular weight is 517 g/mol. The van der Waals surface area contributed by atoms with Crippen LogP contribution in [0.4, 0.5) is 17.6 Å². The number of alkyl halides is 3. The summed E-state index contributed by atoms with van der Waals surface area (Å²) >= 11 is 0. The number of hydrogen-bond acceptors (Lipinski definition) is 5. The first-order valence-electron chi connectivity index (χ1n) is 11.6. The molecule has 0 spiro atoms. The zero-order chi connectivity index (χ0) is 26.2. The Morgan fingerprint density at radius 1 is 1.24 bits per heavy atom. The minimum Gasteiger partial charge on any atom is -0.489 e. The summed E-state index contributed by atoms with van der Waals surface area (Å²) in [6.45, 7) is 1.30. The Hall–Kier alpha value is -3.86. The van der Waals surface area contributed by atoms with Gasteiger partial charge in [-0.3, -0.25) is 9.69 Å². The molecule has 2 aliphatic heterocycles. The van der Waals surface area contributed by atoms with Crippen molar-refractivity contribution in [3.63, 3.8) is 0 Å². The second-order valence-corrected chi connectivity index (χ2v) is 9.05. The van der Waals surface area contributed by atoms with E-state index < -0.39 is 36.1 Å². The molecule has 3 aromatic rings. The summed E-state index contributed by atoms with van der Waals surface area (Å²) in [5, 5.41) is 13.1. The van der Waals surface area contributed by atoms with Gasteiger partial charge in [0.05, 0.1) is 22.7 Å². The predicted octanol–water partition coefficient (Wildman–Crippen LogP) is 4.79. The molecule has 1 unspecified atom stereocenters. The smallest absolute Gasteiger partial charge is 0.416 e. The van der Waals surface area contributed by atoms with E-state index >= 15 is 0 Å². The Labute approximate surface area is 209 Å². The largest absolute Gasteiger partial charge is 0.489 e. The number of ether oxygens (including phenoxy) is 2. The molecule has 7 nitrogen and oxygen atoms in total. The number of carboxylic acid groups (broad SMARTS) is 1. The molecular formula is C26H23F4N3O4. The summed E-state index contributed by atoms with van der Waals surface area (Å²) in [7, 11) is 0. The van der Waals surface area contributed by atoms with Crippen molar-refractivity contribution >= 4 is 12.0 Å². The van der Waals surface area contributed by atoms with E-state index in [0.29, 0.717) is 26.1 Å². The number of benzene rings is 2. The lowest BCUT2D eigenvalue weighted by Gasteiger charge is -2.23. The number of rotatable bonds is 7. The Morgan fingerprint density at radius 3 is 2.78 bits per heavy atom. The topological polar surface area (TPSA) is 76.8 Å². The Bertz CT molecular complexity index is 1340. The second kappa shape index (κ2) is 9.89. The molecule has 1 atom stereocenters. The molecule has 3 heterocycles. The van der Waals surface area contributed by atoms with Crippen molar-refractivity contribution in [1.82, 2.24) is 14.7 Å². The van der Waals surface area contributed by atoms with E-state index in [-0.39, 0.29) is 34.9 Å². The van der Waals surface area contributed by atoms with E-state index in [1.54, 1.807) is 18.3 Å². The quantitative estimate of drug-likeness (QED) is 0.454. The third-order valence-corrected chi connectivity index (χ3v) is 6.44. The maximum absolute atomic E-state index is 14.9. The van der Waals surface area contributed by atoms with Gasteiger partial charge in [-0.05, 0) is 42.8 Å². The number of aromatic nitrogens is 2. The number of hydrogen-bond donors (Lipinski definition) is 1. The van der Waals surface area contributed by atoms with Gasteiger partial charge >= 0.3 is 12.1 Å². The zero-order valence-corrected chi connectivity index (χ0v) is 19.5. The van der Waals surface area contributed by atoms with Crippen LogP contribution < -0.4 is 9.47 Å². The van der Waals surface area contributed by atoms with Gasteiger partial charge in [-0.15, -0.1) is 0 Å². The first-order valence-corrected chi connectivity index (χ1v) is 11.6. The van der Waals surface area contributed by atoms with Gasteiger partial charge in [-0.25, -0.2) is 9.07 Å². The van der Waals surface area contributed by atoms with Crippen molar-refractivity contribution in [3.8, 4) is 17.2 Å². The number of carbonyl (C=O) groups is 1. The summed E-state index contributed by atoms with van der Waals surface area (Å²) in [6, 6.07) is 7.98. The van der Waals surface area contributed by atoms with Crippen molar-refractivity contribution in [2.24, 2.45) is 5.92 Å². The Morgan fingerprint density at radius 2 is 2.08 bits per heavy atom. The lowest BCUT2D eigenvalue weighted by atomic mass is 10.1. The molecule has 11 heteroatoms. The Kier molecular flexibility index (Phi) is 6.63. The van der Waals surface area contributed by atoms with Gasteiger partial charge < -0.3 is 14.6 Å². The average Bonchev–Trinajstić information content (AvgIpc) is 3.55. The van der Waals surface area contributed by atoms with Crippen LogP contribution in [-0.4, -0.2) is 52.0 Å². The summed E-state index contributed by atoms with van der Waals surface area (Å²) in [5.41, 5.74) is 0.314. The highest BCUT2D eigenvalue weighted by atomic mass is 19.4. The van der Waals surface area contributed by atoms with Gasteiger partial charge in [0, 0.05) is 43.2 Å². The van der Waals surface area contributed by atoms with Crippen molar-refractivity contribution in [1.29, 1.82) is 0 Å². The minimum absolute atomic E-state index is 0.0428. The van der Waals surface area contributed by atoms with Crippen LogP contribution in [0.3, 0.4) is 0 Å². The first-order chi connectivity index (χ1) is 17.7. The van der Waals surface area contributed by atoms with E-state index in [1.165, 1.54) is 29.1 Å². The molecule has 0 bridgehead atoms. The van der Waals surface area contributed by atoms with Crippen LogP contribution >= 0.6 is 0 Å². The molecule has 37 heavy (non-hydrogen) atoms. The van der Waals surface area contributed by atoms with Gasteiger partial charge in [0.25, 0.3) is 0 Å². The molecule has 1 aromatic heterocycles. The van der Waals surface area contributed by atoms with Crippen LogP contribution in [0.2, 0.25) is 0 Å². The maximum atomic E-state index is 14.9. The number of halogens is 4. The fourth-order valence-corrected chi connectivity index (χ4v) is 4.56. The summed E-state index contributed by atoms with van der Waals surface area (Å²) in [6.07, 6.45) is 0.627. The van der Waals surface area contributed by atoms with Crippen molar-refractivity contribution in [3.05, 3.63) is 76.9 Å². The molecule has 1 fully saturated rings. The molecule has 2 aliphatic rings. The standard InChI is InChI=1S/C26H23F4N3O4/c27-23-10-20(11-24-21(23)8-16(14-37-24)12-32-7-4-17(13-32)25(34)35)36-15-18-2-3-19(33-6-1-5-31-33)9-22(18)26(28,29)30/h1-3,5-6,8-11,17H,4,7,12-15H2,(H,34,35). The maximum Gasteiger partial charge on any atom is 0.416 e. The number of aliphatic carboxylic acids is 1. The molecule has 1 N–H and O–H groups in total. The molecule has 5 rings (SSSR count). The van der Waals surface area contributed by atoms with E-state index in [4.69, 9.17) is 14.6 Å². The van der Waals surface area contributed by atoms with Crippen LogP contribution in [0.1, 0.15) is 23.1 Å². The van der Waals surface area contributed by atoms with Crippen LogP contribution in [-0.2, 0) is 17.6 Å². The predicted molar refractivity (Wildman–Crippen MR) is 125 cm³/mol. The monoisotopic (exact) mass is 517 g/mol. The van der Waals surface area contributed by atoms with Gasteiger partial charge in [-0.2, -0.15) is 18.3 Å². The molecule has 194 valence electrons. The van der Waals surface area contributed by atoms with E-state index in [2.05, 4.69) is 5.10 Å². The third kappa shape index (κ3) is 5.46. The Balaban J connectivity index is 1.30. The summed E-state index contributed by atoms with van der Waals surface area (Å²) in [5.74, 6) is -1.58. The van der Waals surface area contributed by atoms with Crippen molar-refractivity contribution in [2.75, 3.05) is 26.2 Å². The van der Waals surface area contributed by atoms with Crippen molar-refractivity contribution < 1.29 is 36.9 Å². The van der Waals surface area contributed by atoms with Crippen molar-refractivity contribution in [2.45, 2.75) is 19.2 Å². The number of likely N-dealkylation sites (tertiary alicyclic amines) is 1. The number of carboxylic acids is 1. The van der Waals surface area contributed by atoms with Gasteiger partial charge in [-0.1, -0.05) is 6.07 Å². The second-order valence-electron chi connectivity index (χ2n) is 9.05. The SMILES string of the molecule is O=C(O)C1CCN(CC2=Cc3c(F)cc(OCc4ccc(-n5cccn5)cc4C(F)(F)F)cc3OC2)C1. The lowest BCUT2D eigenvalue weighted by molar-refractivity contribution is -0.141. The van der Waals surface area contributed by atoms with Gasteiger partial charge in [0.15, 0.2) is 0 Å². The fourth-order valence-electron chi connectivity index (χ4n) is 4.56. The highest BCUT2D eigenvalue weighted by Crippen LogP contribution is 2.36. The zero-order valence-electron chi connectivity index (χ0n) is 19.5. The molecule has 0 amide bonds. The highest BCUT2D eigenvalue weighted by Gasteiger charge is 2.34. The highest BCUT2D eigenvalue weighted by molar-refractivity contribution is 5.70. The van der Waals surface area contributed by atoms with E-state index in [0.717, 1.165) is 17.7 Å². The van der Waals surface area contributed by atoms with Gasteiger partial charge in [0.2, 0.25) is 0 Å². The van der Waals surface area contributed by atoms with Crippen LogP contribution in [0.25, 0.3) is 11.8 Å². The number of fused-ring (bicyclic) bond motifs is 1. The molecule has 0 radical (unpaired) electrons. The molecular weight excluding hydrogens is 494 g/mol. The molecule has 0 aliphatic carbocycles. The molecule has 0 saturated carbocycles. The van der Waals surface area contributed by atoms with E-state index in [1.807, 2.05) is 4.90 Å². The van der Waals surface area contributed by atoms with Gasteiger partial charge in [0.1, 0.15) is 30.5 Å². The third-order valence-electron chi connectivity index (χ3n) is 6.44. The normalized spacial score (nSPS) is 17.7. The molecule has 1 saturated heterocycles. The lowest BCUT2D eigenvalue weighted by Crippen LogP contribution is -2.27. The first kappa shape index (κ1) is 24.8.